The number of halogens is 4. The Morgan fingerprint density at radius 2 is 2.00 bits per heavy atom. The molecule has 1 aromatic heterocycles. The number of alkyl halides is 3. The normalized spacial score (nSPS) is 11.5. The number of aryl methyl sites for hydroxylation is 1. The van der Waals surface area contributed by atoms with Crippen molar-refractivity contribution in [1.29, 1.82) is 0 Å². The van der Waals surface area contributed by atoms with E-state index in [1.807, 2.05) is 0 Å². The lowest BCUT2D eigenvalue weighted by Crippen LogP contribution is -2.12. The third-order valence-corrected chi connectivity index (χ3v) is 2.66. The number of nitrogens with zero attached hydrogens (tertiary/aromatic N) is 2. The molecule has 0 radical (unpaired) electrons. The number of carbonyl (C=O) groups excluding carboxylic acids is 1. The topological polar surface area (TPSA) is 68.0 Å². The predicted molar refractivity (Wildman–Crippen MR) is 67.3 cm³/mol. The Morgan fingerprint density at radius 3 is 2.64 bits per heavy atom. The minimum atomic E-state index is -4.69. The van der Waals surface area contributed by atoms with Gasteiger partial charge < -0.3 is 9.84 Å². The summed E-state index contributed by atoms with van der Waals surface area (Å²) in [6, 6.07) is 5.66. The van der Waals surface area contributed by atoms with Crippen LogP contribution in [-0.2, 0) is 17.4 Å². The largest absolute Gasteiger partial charge is 0.471 e. The second-order valence-electron chi connectivity index (χ2n) is 4.40. The molecular formula is C13H11F4N3O2. The van der Waals surface area contributed by atoms with Crippen LogP contribution >= 0.6 is 0 Å². The van der Waals surface area contributed by atoms with Crippen LogP contribution in [0.3, 0.4) is 0 Å². The van der Waals surface area contributed by atoms with Crippen molar-refractivity contribution >= 4 is 11.6 Å². The van der Waals surface area contributed by atoms with E-state index in [1.165, 1.54) is 18.2 Å². The fourth-order valence-corrected chi connectivity index (χ4v) is 1.65. The van der Waals surface area contributed by atoms with Crippen LogP contribution in [0.2, 0.25) is 0 Å². The summed E-state index contributed by atoms with van der Waals surface area (Å²) in [5.74, 6) is -2.57. The Kier molecular flexibility index (Phi) is 4.74. The summed E-state index contributed by atoms with van der Waals surface area (Å²) in [6.45, 7) is 0. The number of rotatable bonds is 5. The number of hydrogen-bond acceptors (Lipinski definition) is 4. The number of anilines is 1. The van der Waals surface area contributed by atoms with Gasteiger partial charge in [0.05, 0.1) is 5.69 Å². The predicted octanol–water partition coefficient (Wildman–Crippen LogP) is 3.19. The summed E-state index contributed by atoms with van der Waals surface area (Å²) in [5, 5.41) is 5.55. The molecule has 1 N–H and O–H groups in total. The van der Waals surface area contributed by atoms with Crippen molar-refractivity contribution < 1.29 is 26.9 Å². The lowest BCUT2D eigenvalue weighted by atomic mass is 10.2. The van der Waals surface area contributed by atoms with Gasteiger partial charge in [0.15, 0.2) is 5.82 Å². The molecule has 0 spiro atoms. The first-order valence-electron chi connectivity index (χ1n) is 6.30. The number of carbonyl (C=O) groups is 1. The molecule has 9 heteroatoms. The van der Waals surface area contributed by atoms with Crippen LogP contribution in [0.1, 0.15) is 24.6 Å². The zero-order chi connectivity index (χ0) is 16.2. The average molecular weight is 317 g/mol. The highest BCUT2D eigenvalue weighted by molar-refractivity contribution is 5.90. The SMILES string of the molecule is O=C(CCCc1noc(C(F)(F)F)n1)Nc1ccccc1F. The number of para-hydroxylation sites is 1. The quantitative estimate of drug-likeness (QED) is 0.860. The monoisotopic (exact) mass is 317 g/mol. The third-order valence-electron chi connectivity index (χ3n) is 2.66. The summed E-state index contributed by atoms with van der Waals surface area (Å²) >= 11 is 0. The van der Waals surface area contributed by atoms with E-state index >= 15 is 0 Å². The number of aromatic nitrogens is 2. The van der Waals surface area contributed by atoms with Gasteiger partial charge in [-0.2, -0.15) is 18.2 Å². The van der Waals surface area contributed by atoms with E-state index in [-0.39, 0.29) is 30.8 Å². The molecule has 1 heterocycles. The van der Waals surface area contributed by atoms with Crippen molar-refractivity contribution in [1.82, 2.24) is 10.1 Å². The van der Waals surface area contributed by atoms with Gasteiger partial charge in [-0.25, -0.2) is 4.39 Å². The van der Waals surface area contributed by atoms with E-state index in [0.29, 0.717) is 0 Å². The minimum absolute atomic E-state index is 0.00970. The summed E-state index contributed by atoms with van der Waals surface area (Å²) in [5.41, 5.74) is 0.0476. The maximum atomic E-state index is 13.3. The van der Waals surface area contributed by atoms with Gasteiger partial charge in [-0.3, -0.25) is 4.79 Å². The molecule has 0 bridgehead atoms. The Bertz CT molecular complexity index is 655. The second-order valence-corrected chi connectivity index (χ2v) is 4.40. The molecule has 0 saturated carbocycles. The third kappa shape index (κ3) is 4.27. The fraction of sp³-hybridized carbons (Fsp3) is 0.308. The highest BCUT2D eigenvalue weighted by atomic mass is 19.4. The molecule has 1 aromatic carbocycles. The highest BCUT2D eigenvalue weighted by Gasteiger charge is 2.38. The molecule has 0 aliphatic carbocycles. The molecule has 5 nitrogen and oxygen atoms in total. The van der Waals surface area contributed by atoms with Crippen molar-refractivity contribution in [3.63, 3.8) is 0 Å². The van der Waals surface area contributed by atoms with Gasteiger partial charge in [0.1, 0.15) is 5.82 Å². The summed E-state index contributed by atoms with van der Waals surface area (Å²) in [7, 11) is 0. The van der Waals surface area contributed by atoms with Crippen LogP contribution in [0.4, 0.5) is 23.2 Å². The van der Waals surface area contributed by atoms with Crippen LogP contribution in [0, 0.1) is 5.82 Å². The zero-order valence-corrected chi connectivity index (χ0v) is 11.2. The van der Waals surface area contributed by atoms with Crippen molar-refractivity contribution in [2.24, 2.45) is 0 Å². The van der Waals surface area contributed by atoms with Gasteiger partial charge in [-0.05, 0) is 18.6 Å². The van der Waals surface area contributed by atoms with Crippen LogP contribution in [-0.4, -0.2) is 16.0 Å². The van der Waals surface area contributed by atoms with E-state index in [1.54, 1.807) is 6.07 Å². The Balaban J connectivity index is 1.80. The van der Waals surface area contributed by atoms with E-state index in [4.69, 9.17) is 0 Å². The van der Waals surface area contributed by atoms with Crippen LogP contribution in [0.5, 0.6) is 0 Å². The molecule has 0 aliphatic rings. The maximum absolute atomic E-state index is 13.3. The molecule has 0 fully saturated rings. The minimum Gasteiger partial charge on any atom is -0.329 e. The van der Waals surface area contributed by atoms with E-state index in [9.17, 15) is 22.4 Å². The van der Waals surface area contributed by atoms with E-state index in [2.05, 4.69) is 20.0 Å². The van der Waals surface area contributed by atoms with Gasteiger partial charge >= 0.3 is 12.1 Å². The smallest absolute Gasteiger partial charge is 0.329 e. The first-order chi connectivity index (χ1) is 10.4. The van der Waals surface area contributed by atoms with Gasteiger partial charge in [0, 0.05) is 12.8 Å². The van der Waals surface area contributed by atoms with E-state index in [0.717, 1.165) is 0 Å². The molecular weight excluding hydrogens is 306 g/mol. The standard InChI is InChI=1S/C13H11F4N3O2/c14-8-4-1-2-5-9(8)18-11(21)7-3-6-10-19-12(22-20-10)13(15,16)17/h1-2,4-5H,3,6-7H2,(H,18,21). The zero-order valence-electron chi connectivity index (χ0n) is 11.2. The fourth-order valence-electron chi connectivity index (χ4n) is 1.65. The van der Waals surface area contributed by atoms with Gasteiger partial charge in [-0.15, -0.1) is 0 Å². The highest BCUT2D eigenvalue weighted by Crippen LogP contribution is 2.27. The number of hydrogen-bond donors (Lipinski definition) is 1. The summed E-state index contributed by atoms with van der Waals surface area (Å²) < 4.78 is 54.1. The summed E-state index contributed by atoms with van der Waals surface area (Å²) in [6.07, 6.45) is -4.45. The molecule has 1 amide bonds. The molecule has 2 rings (SSSR count). The van der Waals surface area contributed by atoms with Gasteiger partial charge in [0.2, 0.25) is 5.91 Å². The first kappa shape index (κ1) is 15.9. The second kappa shape index (κ2) is 6.54. The van der Waals surface area contributed by atoms with Gasteiger partial charge in [-0.1, -0.05) is 17.3 Å². The lowest BCUT2D eigenvalue weighted by molar-refractivity contribution is -0.159. The number of nitrogens with one attached hydrogen (secondary N) is 1. The molecule has 0 aliphatic heterocycles. The van der Waals surface area contributed by atoms with Gasteiger partial charge in [0.25, 0.3) is 0 Å². The van der Waals surface area contributed by atoms with Crippen molar-refractivity contribution in [3.8, 4) is 0 Å². The number of amides is 1. The molecule has 0 atom stereocenters. The molecule has 0 saturated heterocycles. The first-order valence-corrected chi connectivity index (χ1v) is 6.30. The molecule has 22 heavy (non-hydrogen) atoms. The Morgan fingerprint density at radius 1 is 1.27 bits per heavy atom. The molecule has 118 valence electrons. The Hall–Kier alpha value is -2.45. The molecule has 0 unspecified atom stereocenters. The average Bonchev–Trinajstić information content (AvgIpc) is 2.90. The lowest BCUT2D eigenvalue weighted by Gasteiger charge is -2.05. The van der Waals surface area contributed by atoms with Crippen LogP contribution in [0.25, 0.3) is 0 Å². The Labute approximate surface area is 122 Å². The van der Waals surface area contributed by atoms with Crippen LogP contribution in [0.15, 0.2) is 28.8 Å². The number of benzene rings is 1. The summed E-state index contributed by atoms with van der Waals surface area (Å²) in [4.78, 5) is 14.8. The van der Waals surface area contributed by atoms with Crippen molar-refractivity contribution in [2.45, 2.75) is 25.4 Å². The van der Waals surface area contributed by atoms with E-state index < -0.39 is 23.8 Å². The molecule has 2 aromatic rings. The maximum Gasteiger partial charge on any atom is 0.471 e. The van der Waals surface area contributed by atoms with Crippen molar-refractivity contribution in [3.05, 3.63) is 41.8 Å². The van der Waals surface area contributed by atoms with Crippen LogP contribution < -0.4 is 5.32 Å². The van der Waals surface area contributed by atoms with Crippen molar-refractivity contribution in [2.75, 3.05) is 5.32 Å².